The van der Waals surface area contributed by atoms with Gasteiger partial charge in [-0.15, -0.1) is 0 Å². The van der Waals surface area contributed by atoms with Crippen molar-refractivity contribution >= 4 is 11.5 Å². The topological polar surface area (TPSA) is 46.3 Å². The molecule has 0 radical (unpaired) electrons. The van der Waals surface area contributed by atoms with E-state index in [0.29, 0.717) is 6.54 Å². The summed E-state index contributed by atoms with van der Waals surface area (Å²) in [5.41, 5.74) is 2.46. The van der Waals surface area contributed by atoms with Gasteiger partial charge >= 0.3 is 0 Å². The predicted octanol–water partition coefficient (Wildman–Crippen LogP) is 3.89. The SMILES string of the molecule is C/C(=C/C(=O)N1CCC[C@H]1c1cc(C)on1)c1ccc(F)cc1. The number of hydrogen-bond donors (Lipinski definition) is 0. The van der Waals surface area contributed by atoms with E-state index in [-0.39, 0.29) is 17.8 Å². The summed E-state index contributed by atoms with van der Waals surface area (Å²) < 4.78 is 18.1. The monoisotopic (exact) mass is 314 g/mol. The van der Waals surface area contributed by atoms with E-state index < -0.39 is 0 Å². The molecule has 120 valence electrons. The minimum absolute atomic E-state index is 0.0304. The number of aryl methyl sites for hydroxylation is 1. The molecule has 2 aromatic rings. The van der Waals surface area contributed by atoms with Crippen LogP contribution >= 0.6 is 0 Å². The number of carbonyl (C=O) groups is 1. The Morgan fingerprint density at radius 3 is 2.78 bits per heavy atom. The Morgan fingerprint density at radius 1 is 1.39 bits per heavy atom. The number of halogens is 1. The van der Waals surface area contributed by atoms with Crippen LogP contribution in [0.3, 0.4) is 0 Å². The fourth-order valence-electron chi connectivity index (χ4n) is 2.94. The smallest absolute Gasteiger partial charge is 0.247 e. The van der Waals surface area contributed by atoms with Gasteiger partial charge in [0.2, 0.25) is 5.91 Å². The lowest BCUT2D eigenvalue weighted by Crippen LogP contribution is -2.29. The molecular formula is C18H19FN2O2. The molecule has 5 heteroatoms. The predicted molar refractivity (Wildman–Crippen MR) is 85.0 cm³/mol. The van der Waals surface area contributed by atoms with Gasteiger partial charge in [-0.05, 0) is 50.0 Å². The van der Waals surface area contributed by atoms with E-state index in [1.165, 1.54) is 12.1 Å². The average Bonchev–Trinajstić information content (AvgIpc) is 3.16. The second-order valence-electron chi connectivity index (χ2n) is 5.89. The zero-order chi connectivity index (χ0) is 16.4. The zero-order valence-electron chi connectivity index (χ0n) is 13.3. The Labute approximate surface area is 134 Å². The maximum Gasteiger partial charge on any atom is 0.247 e. The molecule has 1 atom stereocenters. The summed E-state index contributed by atoms with van der Waals surface area (Å²) in [6.45, 7) is 4.41. The maximum atomic E-state index is 13.0. The Hall–Kier alpha value is -2.43. The fourth-order valence-corrected chi connectivity index (χ4v) is 2.94. The molecule has 1 aliphatic heterocycles. The van der Waals surface area contributed by atoms with Gasteiger partial charge in [-0.2, -0.15) is 0 Å². The molecular weight excluding hydrogens is 295 g/mol. The molecule has 1 amide bonds. The molecule has 0 spiro atoms. The van der Waals surface area contributed by atoms with Crippen LogP contribution in [-0.2, 0) is 4.79 Å². The van der Waals surface area contributed by atoms with Crippen LogP contribution < -0.4 is 0 Å². The van der Waals surface area contributed by atoms with E-state index in [2.05, 4.69) is 5.16 Å². The molecule has 2 heterocycles. The third-order valence-corrected chi connectivity index (χ3v) is 4.16. The number of nitrogens with zero attached hydrogens (tertiary/aromatic N) is 2. The first-order valence-corrected chi connectivity index (χ1v) is 7.72. The van der Waals surface area contributed by atoms with Crippen LogP contribution in [0.15, 0.2) is 40.9 Å². The van der Waals surface area contributed by atoms with Gasteiger partial charge in [0, 0.05) is 18.7 Å². The molecule has 1 aliphatic rings. The second-order valence-corrected chi connectivity index (χ2v) is 5.89. The lowest BCUT2D eigenvalue weighted by atomic mass is 10.1. The number of benzene rings is 1. The highest BCUT2D eigenvalue weighted by Crippen LogP contribution is 2.32. The number of amides is 1. The van der Waals surface area contributed by atoms with E-state index in [1.807, 2.05) is 24.8 Å². The Morgan fingerprint density at radius 2 is 2.13 bits per heavy atom. The summed E-state index contributed by atoms with van der Waals surface area (Å²) in [4.78, 5) is 14.4. The third-order valence-electron chi connectivity index (χ3n) is 4.16. The van der Waals surface area contributed by atoms with E-state index >= 15 is 0 Å². The highest BCUT2D eigenvalue weighted by atomic mass is 19.1. The maximum absolute atomic E-state index is 13.0. The molecule has 1 aromatic carbocycles. The molecule has 1 aromatic heterocycles. The summed E-state index contributed by atoms with van der Waals surface area (Å²) in [6, 6.07) is 8.00. The largest absolute Gasteiger partial charge is 0.361 e. The van der Waals surface area contributed by atoms with Crippen molar-refractivity contribution in [1.29, 1.82) is 0 Å². The molecule has 0 N–H and O–H groups in total. The van der Waals surface area contributed by atoms with Crippen molar-refractivity contribution < 1.29 is 13.7 Å². The number of hydrogen-bond acceptors (Lipinski definition) is 3. The molecule has 1 saturated heterocycles. The Bertz CT molecular complexity index is 734. The molecule has 0 saturated carbocycles. The van der Waals surface area contributed by atoms with Crippen molar-refractivity contribution in [1.82, 2.24) is 10.1 Å². The first-order valence-electron chi connectivity index (χ1n) is 7.72. The minimum atomic E-state index is -0.283. The number of aromatic nitrogens is 1. The standard InChI is InChI=1S/C18H19FN2O2/c1-12(14-5-7-15(19)8-6-14)10-18(22)21-9-3-4-17(21)16-11-13(2)23-20-16/h5-8,10-11,17H,3-4,9H2,1-2H3/b12-10-/t17-/m0/s1. The Balaban J connectivity index is 1.78. The van der Waals surface area contributed by atoms with Crippen molar-refractivity contribution in [3.8, 4) is 0 Å². The van der Waals surface area contributed by atoms with Crippen LogP contribution in [0.5, 0.6) is 0 Å². The molecule has 1 fully saturated rings. The molecule has 0 unspecified atom stereocenters. The van der Waals surface area contributed by atoms with Crippen molar-refractivity contribution in [3.05, 3.63) is 59.2 Å². The van der Waals surface area contributed by atoms with Crippen LogP contribution in [0.4, 0.5) is 4.39 Å². The van der Waals surface area contributed by atoms with Gasteiger partial charge in [0.25, 0.3) is 0 Å². The van der Waals surface area contributed by atoms with Crippen LogP contribution in [0.1, 0.15) is 42.8 Å². The molecule has 4 nitrogen and oxygen atoms in total. The lowest BCUT2D eigenvalue weighted by Gasteiger charge is -2.21. The quantitative estimate of drug-likeness (QED) is 0.808. The van der Waals surface area contributed by atoms with Crippen LogP contribution in [0.25, 0.3) is 5.57 Å². The van der Waals surface area contributed by atoms with Crippen molar-refractivity contribution in [2.75, 3.05) is 6.54 Å². The highest BCUT2D eigenvalue weighted by molar-refractivity contribution is 5.95. The van der Waals surface area contributed by atoms with Gasteiger partial charge in [0.1, 0.15) is 17.3 Å². The van der Waals surface area contributed by atoms with Gasteiger partial charge in [0.15, 0.2) is 0 Å². The van der Waals surface area contributed by atoms with Gasteiger partial charge in [0.05, 0.1) is 6.04 Å². The number of allylic oxidation sites excluding steroid dienone is 1. The number of rotatable bonds is 3. The summed E-state index contributed by atoms with van der Waals surface area (Å²) in [5.74, 6) is 0.418. The summed E-state index contributed by atoms with van der Waals surface area (Å²) >= 11 is 0. The van der Waals surface area contributed by atoms with Crippen molar-refractivity contribution in [2.24, 2.45) is 0 Å². The van der Waals surface area contributed by atoms with Crippen LogP contribution in [-0.4, -0.2) is 22.5 Å². The molecule has 0 bridgehead atoms. The first-order chi connectivity index (χ1) is 11.0. The van der Waals surface area contributed by atoms with E-state index in [0.717, 1.165) is 35.4 Å². The van der Waals surface area contributed by atoms with Crippen LogP contribution in [0.2, 0.25) is 0 Å². The van der Waals surface area contributed by atoms with E-state index in [4.69, 9.17) is 4.52 Å². The fraction of sp³-hybridized carbons (Fsp3) is 0.333. The second kappa shape index (κ2) is 6.36. The first kappa shape index (κ1) is 15.5. The van der Waals surface area contributed by atoms with Gasteiger partial charge in [-0.25, -0.2) is 4.39 Å². The minimum Gasteiger partial charge on any atom is -0.361 e. The van der Waals surface area contributed by atoms with Gasteiger partial charge in [-0.1, -0.05) is 17.3 Å². The molecule has 3 rings (SSSR count). The summed E-state index contributed by atoms with van der Waals surface area (Å²) in [5, 5.41) is 4.05. The van der Waals surface area contributed by atoms with Crippen LogP contribution in [0, 0.1) is 12.7 Å². The third kappa shape index (κ3) is 3.33. The average molecular weight is 314 g/mol. The number of carbonyl (C=O) groups excluding carboxylic acids is 1. The summed E-state index contributed by atoms with van der Waals surface area (Å²) in [6.07, 6.45) is 3.45. The van der Waals surface area contributed by atoms with E-state index in [9.17, 15) is 9.18 Å². The van der Waals surface area contributed by atoms with Crippen molar-refractivity contribution in [2.45, 2.75) is 32.7 Å². The molecule has 23 heavy (non-hydrogen) atoms. The van der Waals surface area contributed by atoms with E-state index in [1.54, 1.807) is 18.2 Å². The molecule has 0 aliphatic carbocycles. The highest BCUT2D eigenvalue weighted by Gasteiger charge is 2.31. The number of likely N-dealkylation sites (tertiary alicyclic amines) is 1. The Kier molecular flexibility index (Phi) is 4.28. The summed E-state index contributed by atoms with van der Waals surface area (Å²) in [7, 11) is 0. The lowest BCUT2D eigenvalue weighted by molar-refractivity contribution is -0.126. The van der Waals surface area contributed by atoms with Gasteiger partial charge in [-0.3, -0.25) is 4.79 Å². The zero-order valence-corrected chi connectivity index (χ0v) is 13.3. The van der Waals surface area contributed by atoms with Gasteiger partial charge < -0.3 is 9.42 Å². The normalized spacial score (nSPS) is 18.5. The van der Waals surface area contributed by atoms with Crippen molar-refractivity contribution in [3.63, 3.8) is 0 Å².